The van der Waals surface area contributed by atoms with Crippen LogP contribution in [0.2, 0.25) is 0 Å². The fraction of sp³-hybridized carbons (Fsp3) is 0.548. The van der Waals surface area contributed by atoms with Crippen LogP contribution in [0.15, 0.2) is 54.6 Å². The Kier molecular flexibility index (Phi) is 11.6. The minimum Gasteiger partial charge on any atom is -0.489 e. The van der Waals surface area contributed by atoms with Crippen LogP contribution in [0.4, 0.5) is 4.79 Å². The smallest absolute Gasteiger partial charge is 0.407 e. The Hall–Kier alpha value is -3.06. The van der Waals surface area contributed by atoms with Gasteiger partial charge in [-0.25, -0.2) is 4.79 Å². The first-order valence-corrected chi connectivity index (χ1v) is 13.5. The lowest BCUT2D eigenvalue weighted by atomic mass is 10.0. The highest BCUT2D eigenvalue weighted by molar-refractivity contribution is 5.82. The van der Waals surface area contributed by atoms with Crippen LogP contribution in [-0.2, 0) is 22.6 Å². The van der Waals surface area contributed by atoms with Crippen LogP contribution in [0.3, 0.4) is 0 Å². The van der Waals surface area contributed by atoms with E-state index in [0.29, 0.717) is 25.5 Å². The summed E-state index contributed by atoms with van der Waals surface area (Å²) in [6.07, 6.45) is 0.807. The molecule has 0 bridgehead atoms. The van der Waals surface area contributed by atoms with Crippen LogP contribution in [0.25, 0.3) is 0 Å². The monoisotopic (exact) mass is 525 g/mol. The van der Waals surface area contributed by atoms with Crippen molar-refractivity contribution in [2.45, 2.75) is 98.1 Å². The SMILES string of the molecule is CC(C)C[C@@H](CN[C@@H](Cc1ccc(OCc2ccccc2)cc1)C(=O)NC(C)(C)C)NC(=O)OC(C)(C)C. The highest BCUT2D eigenvalue weighted by Gasteiger charge is 2.26. The predicted molar refractivity (Wildman–Crippen MR) is 153 cm³/mol. The van der Waals surface area contributed by atoms with Crippen molar-refractivity contribution >= 4 is 12.0 Å². The standard InChI is InChI=1S/C31H47N3O4/c1-22(2)18-25(33-29(36)38-31(6,7)8)20-32-27(28(35)34-30(3,4)5)19-23-14-16-26(17-15-23)37-21-24-12-10-9-11-13-24/h9-17,22,25,27,32H,18-21H2,1-8H3,(H,33,36)(H,34,35)/t25-,27-/m0/s1. The van der Waals surface area contributed by atoms with Crippen molar-refractivity contribution in [3.05, 3.63) is 65.7 Å². The van der Waals surface area contributed by atoms with Gasteiger partial charge in [-0.05, 0) is 83.6 Å². The Balaban J connectivity index is 2.07. The first-order chi connectivity index (χ1) is 17.7. The molecular formula is C31H47N3O4. The number of rotatable bonds is 12. The lowest BCUT2D eigenvalue weighted by Gasteiger charge is -2.28. The van der Waals surface area contributed by atoms with E-state index in [-0.39, 0.29) is 17.5 Å². The second-order valence-electron chi connectivity index (χ2n) is 12.3. The summed E-state index contributed by atoms with van der Waals surface area (Å²) < 4.78 is 11.4. The molecule has 3 N–H and O–H groups in total. The lowest BCUT2D eigenvalue weighted by Crippen LogP contribution is -2.54. The van der Waals surface area contributed by atoms with Gasteiger partial charge in [-0.15, -0.1) is 0 Å². The Morgan fingerprint density at radius 3 is 2.05 bits per heavy atom. The van der Waals surface area contributed by atoms with Crippen molar-refractivity contribution < 1.29 is 19.1 Å². The van der Waals surface area contributed by atoms with Gasteiger partial charge in [0.15, 0.2) is 0 Å². The number of carbonyl (C=O) groups is 2. The van der Waals surface area contributed by atoms with E-state index in [9.17, 15) is 9.59 Å². The van der Waals surface area contributed by atoms with Crippen molar-refractivity contribution in [1.82, 2.24) is 16.0 Å². The second kappa shape index (κ2) is 14.2. The second-order valence-corrected chi connectivity index (χ2v) is 12.3. The number of ether oxygens (including phenoxy) is 2. The summed E-state index contributed by atoms with van der Waals surface area (Å²) in [7, 11) is 0. The third-order valence-electron chi connectivity index (χ3n) is 5.51. The quantitative estimate of drug-likeness (QED) is 0.335. The molecule has 2 amide bonds. The number of alkyl carbamates (subject to hydrolysis) is 1. The normalized spacial score (nSPS) is 13.5. The van der Waals surface area contributed by atoms with E-state index < -0.39 is 17.7 Å². The van der Waals surface area contributed by atoms with E-state index in [0.717, 1.165) is 23.3 Å². The Morgan fingerprint density at radius 2 is 1.50 bits per heavy atom. The van der Waals surface area contributed by atoms with Gasteiger partial charge < -0.3 is 25.4 Å². The van der Waals surface area contributed by atoms with Crippen molar-refractivity contribution in [3.63, 3.8) is 0 Å². The van der Waals surface area contributed by atoms with Gasteiger partial charge in [-0.2, -0.15) is 0 Å². The summed E-state index contributed by atoms with van der Waals surface area (Å²) in [5, 5.41) is 9.47. The molecule has 7 heteroatoms. The average molecular weight is 526 g/mol. The van der Waals surface area contributed by atoms with Gasteiger partial charge >= 0.3 is 6.09 Å². The minimum absolute atomic E-state index is 0.0810. The maximum Gasteiger partial charge on any atom is 0.407 e. The molecule has 0 saturated carbocycles. The first kappa shape index (κ1) is 31.2. The lowest BCUT2D eigenvalue weighted by molar-refractivity contribution is -0.124. The van der Waals surface area contributed by atoms with Crippen LogP contribution in [0.5, 0.6) is 5.75 Å². The summed E-state index contributed by atoms with van der Waals surface area (Å²) in [5.74, 6) is 1.06. The summed E-state index contributed by atoms with van der Waals surface area (Å²) in [6.45, 7) is 16.6. The molecule has 0 aliphatic heterocycles. The van der Waals surface area contributed by atoms with E-state index >= 15 is 0 Å². The first-order valence-electron chi connectivity index (χ1n) is 13.5. The molecule has 7 nitrogen and oxygen atoms in total. The highest BCUT2D eigenvalue weighted by atomic mass is 16.6. The fourth-order valence-electron chi connectivity index (χ4n) is 3.93. The van der Waals surface area contributed by atoms with Crippen molar-refractivity contribution in [1.29, 1.82) is 0 Å². The number of amides is 2. The molecule has 0 aliphatic rings. The number of nitrogens with one attached hydrogen (secondary N) is 3. The van der Waals surface area contributed by atoms with E-state index in [4.69, 9.17) is 9.47 Å². The van der Waals surface area contributed by atoms with Gasteiger partial charge in [0.05, 0.1) is 6.04 Å². The number of hydrogen-bond acceptors (Lipinski definition) is 5. The van der Waals surface area contributed by atoms with E-state index in [1.165, 1.54) is 0 Å². The zero-order valence-corrected chi connectivity index (χ0v) is 24.4. The Bertz CT molecular complexity index is 993. The number of hydrogen-bond donors (Lipinski definition) is 3. The molecule has 2 aromatic carbocycles. The van der Waals surface area contributed by atoms with Crippen LogP contribution >= 0.6 is 0 Å². The van der Waals surface area contributed by atoms with Crippen LogP contribution < -0.4 is 20.7 Å². The van der Waals surface area contributed by atoms with E-state index in [2.05, 4.69) is 29.8 Å². The maximum atomic E-state index is 13.2. The molecule has 2 atom stereocenters. The van der Waals surface area contributed by atoms with E-state index in [1.807, 2.05) is 96.1 Å². The third-order valence-corrected chi connectivity index (χ3v) is 5.51. The molecule has 0 unspecified atom stereocenters. The summed E-state index contributed by atoms with van der Waals surface area (Å²) >= 11 is 0. The van der Waals surface area contributed by atoms with Gasteiger partial charge in [0.1, 0.15) is 18.0 Å². The van der Waals surface area contributed by atoms with Crippen LogP contribution in [0, 0.1) is 5.92 Å². The average Bonchev–Trinajstić information content (AvgIpc) is 2.79. The molecule has 2 aromatic rings. The summed E-state index contributed by atoms with van der Waals surface area (Å²) in [4.78, 5) is 25.7. The molecule has 0 spiro atoms. The molecule has 38 heavy (non-hydrogen) atoms. The molecule has 0 aliphatic carbocycles. The van der Waals surface area contributed by atoms with Crippen molar-refractivity contribution in [2.24, 2.45) is 5.92 Å². The van der Waals surface area contributed by atoms with E-state index in [1.54, 1.807) is 0 Å². The largest absolute Gasteiger partial charge is 0.489 e. The molecule has 0 fully saturated rings. The third kappa shape index (κ3) is 13.0. The minimum atomic E-state index is -0.577. The Labute approximate surface area is 229 Å². The summed E-state index contributed by atoms with van der Waals surface area (Å²) in [5.41, 5.74) is 1.18. The molecule has 0 radical (unpaired) electrons. The fourth-order valence-corrected chi connectivity index (χ4v) is 3.93. The van der Waals surface area contributed by atoms with Crippen molar-refractivity contribution in [3.8, 4) is 5.75 Å². The predicted octanol–water partition coefficient (Wildman–Crippen LogP) is 5.62. The molecule has 210 valence electrons. The van der Waals surface area contributed by atoms with Crippen LogP contribution in [-0.4, -0.2) is 41.8 Å². The topological polar surface area (TPSA) is 88.7 Å². The molecule has 2 rings (SSSR count). The highest BCUT2D eigenvalue weighted by Crippen LogP contribution is 2.16. The molecule has 0 heterocycles. The molecule has 0 aromatic heterocycles. The zero-order chi connectivity index (χ0) is 28.3. The van der Waals surface area contributed by atoms with Gasteiger partial charge in [-0.1, -0.05) is 56.3 Å². The Morgan fingerprint density at radius 1 is 0.868 bits per heavy atom. The zero-order valence-electron chi connectivity index (χ0n) is 24.4. The summed E-state index contributed by atoms with van der Waals surface area (Å²) in [6, 6.07) is 17.2. The molecular weight excluding hydrogens is 478 g/mol. The van der Waals surface area contributed by atoms with Crippen LogP contribution in [0.1, 0.15) is 72.9 Å². The van der Waals surface area contributed by atoms with Gasteiger partial charge in [-0.3, -0.25) is 4.79 Å². The number of carbonyl (C=O) groups excluding carboxylic acids is 2. The van der Waals surface area contributed by atoms with Crippen molar-refractivity contribution in [2.75, 3.05) is 6.54 Å². The van der Waals surface area contributed by atoms with Gasteiger partial charge in [0, 0.05) is 18.1 Å². The maximum absolute atomic E-state index is 13.2. The molecule has 0 saturated heterocycles. The number of benzene rings is 2. The van der Waals surface area contributed by atoms with Gasteiger partial charge in [0.2, 0.25) is 5.91 Å². The van der Waals surface area contributed by atoms with Gasteiger partial charge in [0.25, 0.3) is 0 Å².